The van der Waals surface area contributed by atoms with Gasteiger partial charge in [-0.05, 0) is 17.7 Å². The maximum Gasteiger partial charge on any atom is 0.161 e. The van der Waals surface area contributed by atoms with Crippen LogP contribution in [0.2, 0.25) is 0 Å². The van der Waals surface area contributed by atoms with Gasteiger partial charge in [0.05, 0.1) is 33.5 Å². The minimum absolute atomic E-state index is 0.0198. The average molecular weight is 299 g/mol. The van der Waals surface area contributed by atoms with Crippen molar-refractivity contribution in [1.29, 1.82) is 0 Å². The van der Waals surface area contributed by atoms with Crippen molar-refractivity contribution in [2.45, 2.75) is 6.54 Å². The first-order chi connectivity index (χ1) is 10.3. The Bertz CT molecular complexity index is 386. The van der Waals surface area contributed by atoms with E-state index in [1.165, 1.54) is 0 Å². The van der Waals surface area contributed by atoms with Crippen molar-refractivity contribution in [3.05, 3.63) is 23.8 Å². The summed E-state index contributed by atoms with van der Waals surface area (Å²) in [5.41, 5.74) is 1.11. The highest BCUT2D eigenvalue weighted by Gasteiger charge is 2.06. The quantitative estimate of drug-likeness (QED) is 0.557. The van der Waals surface area contributed by atoms with Gasteiger partial charge in [0.2, 0.25) is 0 Å². The van der Waals surface area contributed by atoms with Crippen molar-refractivity contribution in [3.8, 4) is 11.5 Å². The van der Waals surface area contributed by atoms with Crippen LogP contribution >= 0.6 is 0 Å². The van der Waals surface area contributed by atoms with Crippen LogP contribution in [-0.2, 0) is 16.0 Å². The van der Waals surface area contributed by atoms with Gasteiger partial charge in [-0.25, -0.2) is 0 Å². The van der Waals surface area contributed by atoms with Crippen molar-refractivity contribution in [3.63, 3.8) is 0 Å². The largest absolute Gasteiger partial charge is 0.493 e. The Morgan fingerprint density at radius 1 is 1.05 bits per heavy atom. The molecule has 1 aromatic carbocycles. The molecule has 0 heterocycles. The third kappa shape index (κ3) is 7.29. The Balaban J connectivity index is 2.46. The van der Waals surface area contributed by atoms with E-state index in [4.69, 9.17) is 24.1 Å². The molecule has 2 N–H and O–H groups in total. The molecule has 0 aromatic heterocycles. The normalized spacial score (nSPS) is 10.6. The number of benzene rings is 1. The Labute approximate surface area is 126 Å². The molecular formula is C15H25NO5. The molecule has 6 heteroatoms. The van der Waals surface area contributed by atoms with Gasteiger partial charge in [-0.3, -0.25) is 0 Å². The molecule has 120 valence electrons. The molecule has 0 unspecified atom stereocenters. The van der Waals surface area contributed by atoms with E-state index in [-0.39, 0.29) is 6.61 Å². The van der Waals surface area contributed by atoms with E-state index in [1.54, 1.807) is 14.2 Å². The molecular weight excluding hydrogens is 274 g/mol. The van der Waals surface area contributed by atoms with Gasteiger partial charge in [0, 0.05) is 20.2 Å². The third-order valence-electron chi connectivity index (χ3n) is 2.76. The van der Waals surface area contributed by atoms with E-state index in [0.29, 0.717) is 37.9 Å². The van der Waals surface area contributed by atoms with Gasteiger partial charge in [-0.2, -0.15) is 0 Å². The molecule has 1 rings (SSSR count). The summed E-state index contributed by atoms with van der Waals surface area (Å²) in [7, 11) is 3.29. The van der Waals surface area contributed by atoms with Crippen LogP contribution in [0.5, 0.6) is 11.5 Å². The molecule has 0 aliphatic carbocycles. The number of ether oxygens (including phenoxy) is 4. The molecule has 1 aromatic rings. The summed E-state index contributed by atoms with van der Waals surface area (Å²) in [6, 6.07) is 5.83. The Morgan fingerprint density at radius 3 is 2.62 bits per heavy atom. The second-order valence-corrected chi connectivity index (χ2v) is 4.34. The number of rotatable bonds is 12. The number of hydrogen-bond donors (Lipinski definition) is 2. The molecule has 0 aliphatic rings. The number of methoxy groups -OCH3 is 2. The Hall–Kier alpha value is -1.34. The lowest BCUT2D eigenvalue weighted by Gasteiger charge is -2.13. The zero-order chi connectivity index (χ0) is 15.3. The van der Waals surface area contributed by atoms with Gasteiger partial charge in [0.1, 0.15) is 6.61 Å². The van der Waals surface area contributed by atoms with Crippen molar-refractivity contribution in [2.24, 2.45) is 0 Å². The van der Waals surface area contributed by atoms with Gasteiger partial charge < -0.3 is 29.4 Å². The van der Waals surface area contributed by atoms with Gasteiger partial charge in [-0.1, -0.05) is 6.07 Å². The molecule has 21 heavy (non-hydrogen) atoms. The summed E-state index contributed by atoms with van der Waals surface area (Å²) in [5, 5.41) is 11.9. The van der Waals surface area contributed by atoms with E-state index in [1.807, 2.05) is 18.2 Å². The van der Waals surface area contributed by atoms with E-state index >= 15 is 0 Å². The number of aliphatic hydroxyl groups is 1. The van der Waals surface area contributed by atoms with E-state index in [0.717, 1.165) is 18.7 Å². The lowest BCUT2D eigenvalue weighted by Crippen LogP contribution is -2.18. The number of nitrogens with one attached hydrogen (secondary N) is 1. The minimum Gasteiger partial charge on any atom is -0.493 e. The van der Waals surface area contributed by atoms with Crippen molar-refractivity contribution in [1.82, 2.24) is 5.32 Å². The van der Waals surface area contributed by atoms with Crippen LogP contribution in [0, 0.1) is 0 Å². The molecule has 0 fully saturated rings. The van der Waals surface area contributed by atoms with Crippen molar-refractivity contribution < 1.29 is 24.1 Å². The minimum atomic E-state index is 0.0198. The van der Waals surface area contributed by atoms with Crippen LogP contribution in [0.3, 0.4) is 0 Å². The summed E-state index contributed by atoms with van der Waals surface area (Å²) in [4.78, 5) is 0. The smallest absolute Gasteiger partial charge is 0.161 e. The zero-order valence-corrected chi connectivity index (χ0v) is 12.8. The Kier molecular flexibility index (Phi) is 9.56. The monoisotopic (exact) mass is 299 g/mol. The van der Waals surface area contributed by atoms with E-state index < -0.39 is 0 Å². The van der Waals surface area contributed by atoms with Crippen LogP contribution in [0.1, 0.15) is 5.56 Å². The van der Waals surface area contributed by atoms with Crippen LogP contribution in [0.15, 0.2) is 18.2 Å². The van der Waals surface area contributed by atoms with Crippen molar-refractivity contribution in [2.75, 3.05) is 53.8 Å². The highest BCUT2D eigenvalue weighted by molar-refractivity contribution is 5.42. The summed E-state index contributed by atoms with van der Waals surface area (Å²) < 4.78 is 21.1. The first kappa shape index (κ1) is 17.7. The van der Waals surface area contributed by atoms with Crippen molar-refractivity contribution >= 4 is 0 Å². The van der Waals surface area contributed by atoms with Crippen LogP contribution < -0.4 is 14.8 Å². The first-order valence-electron chi connectivity index (χ1n) is 6.99. The number of aliphatic hydroxyl groups excluding tert-OH is 1. The molecule has 0 amide bonds. The van der Waals surface area contributed by atoms with E-state index in [9.17, 15) is 0 Å². The summed E-state index contributed by atoms with van der Waals surface area (Å²) in [5.74, 6) is 1.38. The molecule has 0 saturated carbocycles. The highest BCUT2D eigenvalue weighted by atomic mass is 16.5. The van der Waals surface area contributed by atoms with Gasteiger partial charge in [0.15, 0.2) is 11.5 Å². The zero-order valence-electron chi connectivity index (χ0n) is 12.8. The fourth-order valence-corrected chi connectivity index (χ4v) is 1.73. The molecule has 0 spiro atoms. The fourth-order valence-electron chi connectivity index (χ4n) is 1.73. The lowest BCUT2D eigenvalue weighted by atomic mass is 10.2. The standard InChI is InChI=1S/C15H25NO5/c1-18-7-5-16-12-13-3-4-14(19-2)15(11-13)21-10-9-20-8-6-17/h3-4,11,16-17H,5-10,12H2,1-2H3. The number of hydrogen-bond acceptors (Lipinski definition) is 6. The van der Waals surface area contributed by atoms with Crippen LogP contribution in [-0.4, -0.2) is 58.9 Å². The second-order valence-electron chi connectivity index (χ2n) is 4.34. The maximum atomic E-state index is 8.62. The third-order valence-corrected chi connectivity index (χ3v) is 2.76. The topological polar surface area (TPSA) is 69.2 Å². The highest BCUT2D eigenvalue weighted by Crippen LogP contribution is 2.27. The molecule has 6 nitrogen and oxygen atoms in total. The van der Waals surface area contributed by atoms with Gasteiger partial charge in [-0.15, -0.1) is 0 Å². The molecule has 0 aliphatic heterocycles. The predicted molar refractivity (Wildman–Crippen MR) is 80.0 cm³/mol. The van der Waals surface area contributed by atoms with E-state index in [2.05, 4.69) is 5.32 Å². The van der Waals surface area contributed by atoms with Crippen LogP contribution in [0.25, 0.3) is 0 Å². The average Bonchev–Trinajstić information content (AvgIpc) is 2.51. The fraction of sp³-hybridized carbons (Fsp3) is 0.600. The molecule has 0 atom stereocenters. The molecule has 0 bridgehead atoms. The first-order valence-corrected chi connectivity index (χ1v) is 6.99. The van der Waals surface area contributed by atoms with Gasteiger partial charge >= 0.3 is 0 Å². The summed E-state index contributed by atoms with van der Waals surface area (Å²) in [6.07, 6.45) is 0. The second kappa shape index (κ2) is 11.3. The molecule has 0 saturated heterocycles. The van der Waals surface area contributed by atoms with Gasteiger partial charge in [0.25, 0.3) is 0 Å². The summed E-state index contributed by atoms with van der Waals surface area (Å²) >= 11 is 0. The predicted octanol–water partition coefficient (Wildman–Crippen LogP) is 0.819. The summed E-state index contributed by atoms with van der Waals surface area (Å²) in [6.45, 7) is 3.41. The maximum absolute atomic E-state index is 8.62. The SMILES string of the molecule is COCCNCc1ccc(OC)c(OCCOCCO)c1. The lowest BCUT2D eigenvalue weighted by molar-refractivity contribution is 0.0698. The Morgan fingerprint density at radius 2 is 1.90 bits per heavy atom. The van der Waals surface area contributed by atoms with Crippen LogP contribution in [0.4, 0.5) is 0 Å². The molecule has 0 radical (unpaired) electrons.